The van der Waals surface area contributed by atoms with Crippen LogP contribution in [0.2, 0.25) is 0 Å². The average Bonchev–Trinajstić information content (AvgIpc) is 2.47. The molecule has 0 saturated heterocycles. The molecular weight excluding hydrogens is 284 g/mol. The fraction of sp³-hybridized carbons (Fsp3) is 0.333. The second-order valence-electron chi connectivity index (χ2n) is 4.91. The predicted octanol–water partition coefficient (Wildman–Crippen LogP) is 0.298. The topological polar surface area (TPSA) is 113 Å². The third kappa shape index (κ3) is 4.57. The minimum absolute atomic E-state index is 0.117. The highest BCUT2D eigenvalue weighted by atomic mass is 16.3. The normalized spacial score (nSPS) is 12.6. The summed E-state index contributed by atoms with van der Waals surface area (Å²) in [6, 6.07) is 6.88. The van der Waals surface area contributed by atoms with E-state index in [9.17, 15) is 14.7 Å². The zero-order chi connectivity index (χ0) is 16.7. The summed E-state index contributed by atoms with van der Waals surface area (Å²) in [6.07, 6.45) is 1.49. The number of carbonyl (C=O) groups is 2. The molecule has 7 heteroatoms. The third-order valence-corrected chi connectivity index (χ3v) is 3.17. The summed E-state index contributed by atoms with van der Waals surface area (Å²) in [7, 11) is 0. The van der Waals surface area contributed by atoms with Crippen LogP contribution in [0.5, 0.6) is 0 Å². The van der Waals surface area contributed by atoms with Crippen molar-refractivity contribution in [1.82, 2.24) is 9.91 Å². The number of carbonyl (C=O) groups excluding carboxylic acids is 2. The van der Waals surface area contributed by atoms with Gasteiger partial charge in [-0.1, -0.05) is 25.1 Å². The Morgan fingerprint density at radius 1 is 1.41 bits per heavy atom. The van der Waals surface area contributed by atoms with Crippen LogP contribution in [0.4, 0.5) is 0 Å². The molecule has 0 radical (unpaired) electrons. The van der Waals surface area contributed by atoms with Gasteiger partial charge in [0.25, 0.3) is 5.91 Å². The van der Waals surface area contributed by atoms with Crippen molar-refractivity contribution >= 4 is 12.3 Å². The number of imide groups is 1. The number of hydrogen-bond acceptors (Lipinski definition) is 6. The number of aryl methyl sites for hydroxylation is 1. The van der Waals surface area contributed by atoms with E-state index in [0.717, 1.165) is 15.5 Å². The van der Waals surface area contributed by atoms with E-state index in [1.807, 2.05) is 6.92 Å². The summed E-state index contributed by atoms with van der Waals surface area (Å²) >= 11 is 0. The zero-order valence-electron chi connectivity index (χ0n) is 12.8. The standard InChI is InChI=1S/C15H22N4O3/c1-3-12(21)8-18(17)9-14(16)19(10-20)15(22)13-7-5-4-6-11(13)2/h4-7,9-10,12,21H,3,8,16-17H2,1-2H3/b14-9+. The first-order chi connectivity index (χ1) is 10.4. The maximum Gasteiger partial charge on any atom is 0.266 e. The molecule has 22 heavy (non-hydrogen) atoms. The lowest BCUT2D eigenvalue weighted by Gasteiger charge is -2.21. The Hall–Kier alpha value is -2.38. The largest absolute Gasteiger partial charge is 0.391 e. The highest BCUT2D eigenvalue weighted by molar-refractivity contribution is 6.02. The van der Waals surface area contributed by atoms with Crippen LogP contribution < -0.4 is 11.6 Å². The summed E-state index contributed by atoms with van der Waals surface area (Å²) in [5.41, 5.74) is 6.88. The molecule has 5 N–H and O–H groups in total. The molecule has 0 aliphatic carbocycles. The zero-order valence-corrected chi connectivity index (χ0v) is 12.8. The molecule has 0 spiro atoms. The van der Waals surface area contributed by atoms with Crippen LogP contribution >= 0.6 is 0 Å². The molecule has 0 saturated carbocycles. The average molecular weight is 306 g/mol. The number of nitrogens with two attached hydrogens (primary N) is 2. The molecule has 0 heterocycles. The van der Waals surface area contributed by atoms with Crippen LogP contribution in [0.15, 0.2) is 36.3 Å². The fourth-order valence-electron chi connectivity index (χ4n) is 1.83. The van der Waals surface area contributed by atoms with Crippen molar-refractivity contribution in [2.75, 3.05) is 6.54 Å². The maximum atomic E-state index is 12.4. The summed E-state index contributed by atoms with van der Waals surface area (Å²) in [4.78, 5) is 24.3. The molecule has 0 bridgehead atoms. The van der Waals surface area contributed by atoms with Gasteiger partial charge in [0.05, 0.1) is 18.8 Å². The van der Waals surface area contributed by atoms with E-state index in [-0.39, 0.29) is 12.4 Å². The van der Waals surface area contributed by atoms with Crippen molar-refractivity contribution < 1.29 is 14.7 Å². The van der Waals surface area contributed by atoms with Gasteiger partial charge in [0, 0.05) is 5.56 Å². The molecule has 0 aliphatic heterocycles. The monoisotopic (exact) mass is 306 g/mol. The van der Waals surface area contributed by atoms with E-state index < -0.39 is 12.0 Å². The Kier molecular flexibility index (Phi) is 6.55. The van der Waals surface area contributed by atoms with Crippen molar-refractivity contribution in [3.63, 3.8) is 0 Å². The maximum absolute atomic E-state index is 12.4. The van der Waals surface area contributed by atoms with Crippen molar-refractivity contribution in [3.8, 4) is 0 Å². The summed E-state index contributed by atoms with van der Waals surface area (Å²) in [5, 5.41) is 10.7. The van der Waals surface area contributed by atoms with E-state index in [4.69, 9.17) is 11.6 Å². The van der Waals surface area contributed by atoms with Crippen LogP contribution in [0, 0.1) is 6.92 Å². The first kappa shape index (κ1) is 17.7. The first-order valence-electron chi connectivity index (χ1n) is 6.91. The van der Waals surface area contributed by atoms with Crippen molar-refractivity contribution in [2.24, 2.45) is 11.6 Å². The van der Waals surface area contributed by atoms with Gasteiger partial charge in [-0.15, -0.1) is 0 Å². The molecule has 1 unspecified atom stereocenters. The molecule has 1 rings (SSSR count). The Balaban J connectivity index is 2.93. The molecule has 120 valence electrons. The quantitative estimate of drug-likeness (QED) is 0.379. The Morgan fingerprint density at radius 3 is 2.59 bits per heavy atom. The number of hydrogen-bond donors (Lipinski definition) is 3. The summed E-state index contributed by atoms with van der Waals surface area (Å²) in [5.74, 6) is 5.02. The van der Waals surface area contributed by atoms with Gasteiger partial charge in [0.2, 0.25) is 6.41 Å². The van der Waals surface area contributed by atoms with Crippen molar-refractivity contribution in [3.05, 3.63) is 47.4 Å². The number of aliphatic hydroxyl groups is 1. The Morgan fingerprint density at radius 2 is 2.05 bits per heavy atom. The Labute approximate surface area is 129 Å². The van der Waals surface area contributed by atoms with Gasteiger partial charge in [0.15, 0.2) is 0 Å². The molecular formula is C15H22N4O3. The highest BCUT2D eigenvalue weighted by Gasteiger charge is 2.19. The molecule has 2 amide bonds. The van der Waals surface area contributed by atoms with E-state index in [1.165, 1.54) is 6.20 Å². The molecule has 7 nitrogen and oxygen atoms in total. The number of rotatable bonds is 7. The highest BCUT2D eigenvalue weighted by Crippen LogP contribution is 2.11. The van der Waals surface area contributed by atoms with E-state index in [0.29, 0.717) is 18.4 Å². The van der Waals surface area contributed by atoms with Gasteiger partial charge in [0.1, 0.15) is 5.82 Å². The van der Waals surface area contributed by atoms with Crippen LogP contribution in [-0.2, 0) is 4.79 Å². The first-order valence-corrected chi connectivity index (χ1v) is 6.91. The van der Waals surface area contributed by atoms with Crippen LogP contribution in [-0.4, -0.2) is 40.0 Å². The summed E-state index contributed by atoms with van der Waals surface area (Å²) < 4.78 is 0. The molecule has 0 aromatic heterocycles. The molecule has 1 atom stereocenters. The minimum Gasteiger partial charge on any atom is -0.391 e. The lowest BCUT2D eigenvalue weighted by molar-refractivity contribution is -0.114. The predicted molar refractivity (Wildman–Crippen MR) is 82.9 cm³/mol. The van der Waals surface area contributed by atoms with Gasteiger partial charge in [-0.05, 0) is 25.0 Å². The number of benzene rings is 1. The number of hydrazine groups is 1. The van der Waals surface area contributed by atoms with Gasteiger partial charge in [-0.25, -0.2) is 10.7 Å². The van der Waals surface area contributed by atoms with Gasteiger partial charge < -0.3 is 15.8 Å². The minimum atomic E-state index is -0.620. The number of nitrogens with zero attached hydrogens (tertiary/aromatic N) is 2. The van der Waals surface area contributed by atoms with Gasteiger partial charge >= 0.3 is 0 Å². The van der Waals surface area contributed by atoms with E-state index >= 15 is 0 Å². The van der Waals surface area contributed by atoms with Gasteiger partial charge in [-0.3, -0.25) is 9.59 Å². The second kappa shape index (κ2) is 8.16. The van der Waals surface area contributed by atoms with Crippen molar-refractivity contribution in [1.29, 1.82) is 0 Å². The van der Waals surface area contributed by atoms with E-state index in [2.05, 4.69) is 0 Å². The van der Waals surface area contributed by atoms with Gasteiger partial charge in [-0.2, -0.15) is 0 Å². The third-order valence-electron chi connectivity index (χ3n) is 3.17. The number of amides is 2. The molecule has 0 fully saturated rings. The second-order valence-corrected chi connectivity index (χ2v) is 4.91. The van der Waals surface area contributed by atoms with E-state index in [1.54, 1.807) is 31.2 Å². The lowest BCUT2D eigenvalue weighted by Crippen LogP contribution is -2.38. The molecule has 1 aromatic rings. The van der Waals surface area contributed by atoms with Crippen LogP contribution in [0.25, 0.3) is 0 Å². The SMILES string of the molecule is CCC(O)CN(N)/C=C(\N)N(C=O)C(=O)c1ccccc1C. The molecule has 0 aliphatic rings. The van der Waals surface area contributed by atoms with Crippen molar-refractivity contribution in [2.45, 2.75) is 26.4 Å². The number of aliphatic hydroxyl groups excluding tert-OH is 1. The smallest absolute Gasteiger partial charge is 0.266 e. The summed E-state index contributed by atoms with van der Waals surface area (Å²) in [6.45, 7) is 3.72. The molecule has 1 aromatic carbocycles. The fourth-order valence-corrected chi connectivity index (χ4v) is 1.83. The van der Waals surface area contributed by atoms with Crippen LogP contribution in [0.3, 0.4) is 0 Å². The Bertz CT molecular complexity index is 559. The van der Waals surface area contributed by atoms with Crippen LogP contribution in [0.1, 0.15) is 29.3 Å². The lowest BCUT2D eigenvalue weighted by atomic mass is 10.1.